The SMILES string of the molecule is F[C@@H]1CN[C@@H](c2nc(-c3cccc(OCc4cccnc4)c3)no2)C1. The fraction of sp³-hybridized carbons (Fsp3) is 0.278. The average molecular weight is 340 g/mol. The van der Waals surface area contributed by atoms with Crippen LogP contribution in [-0.4, -0.2) is 27.8 Å². The van der Waals surface area contributed by atoms with Gasteiger partial charge >= 0.3 is 0 Å². The second-order valence-corrected chi connectivity index (χ2v) is 5.93. The molecular weight excluding hydrogens is 323 g/mol. The van der Waals surface area contributed by atoms with Gasteiger partial charge in [0.25, 0.3) is 0 Å². The van der Waals surface area contributed by atoms with Gasteiger partial charge in [0.1, 0.15) is 18.5 Å². The average Bonchev–Trinajstić information content (AvgIpc) is 3.30. The normalized spacial score (nSPS) is 19.9. The Labute approximate surface area is 144 Å². The van der Waals surface area contributed by atoms with Crippen LogP contribution >= 0.6 is 0 Å². The molecule has 0 bridgehead atoms. The van der Waals surface area contributed by atoms with Crippen LogP contribution in [-0.2, 0) is 6.61 Å². The summed E-state index contributed by atoms with van der Waals surface area (Å²) in [6.45, 7) is 0.749. The number of nitrogens with zero attached hydrogens (tertiary/aromatic N) is 3. The van der Waals surface area contributed by atoms with Gasteiger partial charge in [-0.3, -0.25) is 4.98 Å². The van der Waals surface area contributed by atoms with Crippen molar-refractivity contribution in [3.8, 4) is 17.1 Å². The van der Waals surface area contributed by atoms with Crippen LogP contribution in [0.15, 0.2) is 53.3 Å². The summed E-state index contributed by atoms with van der Waals surface area (Å²) in [4.78, 5) is 8.45. The van der Waals surface area contributed by atoms with Crippen LogP contribution in [0.1, 0.15) is 23.9 Å². The molecular formula is C18H17FN4O2. The van der Waals surface area contributed by atoms with Crippen molar-refractivity contribution in [2.75, 3.05) is 6.54 Å². The van der Waals surface area contributed by atoms with Crippen molar-refractivity contribution in [3.63, 3.8) is 0 Å². The number of nitrogens with one attached hydrogen (secondary N) is 1. The predicted molar refractivity (Wildman–Crippen MR) is 88.6 cm³/mol. The van der Waals surface area contributed by atoms with Crippen LogP contribution in [0.2, 0.25) is 0 Å². The Bertz CT molecular complexity index is 840. The summed E-state index contributed by atoms with van der Waals surface area (Å²) in [5.41, 5.74) is 1.77. The van der Waals surface area contributed by atoms with Gasteiger partial charge in [-0.25, -0.2) is 4.39 Å². The van der Waals surface area contributed by atoms with Gasteiger partial charge in [-0.2, -0.15) is 4.98 Å². The molecule has 0 saturated carbocycles. The molecule has 4 rings (SSSR count). The van der Waals surface area contributed by atoms with Crippen LogP contribution in [0.25, 0.3) is 11.4 Å². The highest BCUT2D eigenvalue weighted by molar-refractivity contribution is 5.56. The molecule has 2 aromatic heterocycles. The second-order valence-electron chi connectivity index (χ2n) is 5.93. The van der Waals surface area contributed by atoms with Gasteiger partial charge in [-0.1, -0.05) is 23.4 Å². The van der Waals surface area contributed by atoms with E-state index in [4.69, 9.17) is 9.26 Å². The lowest BCUT2D eigenvalue weighted by atomic mass is 10.2. The third kappa shape index (κ3) is 3.66. The standard InChI is InChI=1S/C18H17FN4O2/c19-14-8-16(21-10-14)18-22-17(23-25-18)13-4-1-5-15(7-13)24-11-12-3-2-6-20-9-12/h1-7,9,14,16,21H,8,10-11H2/t14-,16+/m0/s1. The number of halogens is 1. The van der Waals surface area contributed by atoms with E-state index in [2.05, 4.69) is 20.4 Å². The summed E-state index contributed by atoms with van der Waals surface area (Å²) < 4.78 is 24.4. The molecule has 1 aliphatic rings. The highest BCUT2D eigenvalue weighted by Gasteiger charge is 2.29. The van der Waals surface area contributed by atoms with Crippen molar-refractivity contribution in [2.24, 2.45) is 0 Å². The number of aromatic nitrogens is 3. The Kier molecular flexibility index (Phi) is 4.39. The van der Waals surface area contributed by atoms with Crippen molar-refractivity contribution in [1.82, 2.24) is 20.4 Å². The van der Waals surface area contributed by atoms with E-state index in [1.807, 2.05) is 36.4 Å². The molecule has 0 unspecified atom stereocenters. The van der Waals surface area contributed by atoms with E-state index < -0.39 is 6.17 Å². The minimum atomic E-state index is -0.871. The van der Waals surface area contributed by atoms with Crippen molar-refractivity contribution >= 4 is 0 Å². The first-order chi connectivity index (χ1) is 12.3. The molecule has 1 aliphatic heterocycles. The molecule has 0 radical (unpaired) electrons. The number of alkyl halides is 1. The minimum absolute atomic E-state index is 0.221. The molecule has 1 N–H and O–H groups in total. The summed E-state index contributed by atoms with van der Waals surface area (Å²) >= 11 is 0. The lowest BCUT2D eigenvalue weighted by Crippen LogP contribution is -2.14. The van der Waals surface area contributed by atoms with Crippen LogP contribution in [0.5, 0.6) is 5.75 Å². The van der Waals surface area contributed by atoms with Gasteiger partial charge in [0.2, 0.25) is 11.7 Å². The summed E-state index contributed by atoms with van der Waals surface area (Å²) in [5, 5.41) is 7.04. The van der Waals surface area contributed by atoms with Crippen LogP contribution < -0.4 is 10.1 Å². The Morgan fingerprint density at radius 3 is 3.04 bits per heavy atom. The number of ether oxygens (including phenoxy) is 1. The van der Waals surface area contributed by atoms with Gasteiger partial charge in [-0.15, -0.1) is 0 Å². The smallest absolute Gasteiger partial charge is 0.244 e. The number of hydrogen-bond acceptors (Lipinski definition) is 6. The largest absolute Gasteiger partial charge is 0.489 e. The molecule has 1 saturated heterocycles. The minimum Gasteiger partial charge on any atom is -0.489 e. The van der Waals surface area contributed by atoms with Gasteiger partial charge < -0.3 is 14.6 Å². The molecule has 0 amide bonds. The quantitative estimate of drug-likeness (QED) is 0.769. The molecule has 7 heteroatoms. The summed E-state index contributed by atoms with van der Waals surface area (Å²) in [7, 11) is 0. The lowest BCUT2D eigenvalue weighted by Gasteiger charge is -2.06. The van der Waals surface area contributed by atoms with E-state index in [0.717, 1.165) is 11.1 Å². The molecule has 0 spiro atoms. The van der Waals surface area contributed by atoms with E-state index in [1.165, 1.54) is 0 Å². The Balaban J connectivity index is 1.47. The Morgan fingerprint density at radius 2 is 2.24 bits per heavy atom. The number of benzene rings is 1. The highest BCUT2D eigenvalue weighted by atomic mass is 19.1. The highest BCUT2D eigenvalue weighted by Crippen LogP contribution is 2.27. The molecule has 0 aliphatic carbocycles. The molecule has 3 aromatic rings. The van der Waals surface area contributed by atoms with Crippen molar-refractivity contribution in [3.05, 3.63) is 60.2 Å². The molecule has 3 heterocycles. The molecule has 2 atom stereocenters. The van der Waals surface area contributed by atoms with Crippen molar-refractivity contribution in [1.29, 1.82) is 0 Å². The topological polar surface area (TPSA) is 73.1 Å². The van der Waals surface area contributed by atoms with Gasteiger partial charge in [0.15, 0.2) is 0 Å². The van der Waals surface area contributed by atoms with Crippen LogP contribution in [0, 0.1) is 0 Å². The summed E-state index contributed by atoms with van der Waals surface area (Å²) in [6, 6.07) is 11.1. The van der Waals surface area contributed by atoms with Gasteiger partial charge in [-0.05, 0) is 18.2 Å². The number of rotatable bonds is 5. The Morgan fingerprint density at radius 1 is 1.28 bits per heavy atom. The maximum Gasteiger partial charge on any atom is 0.244 e. The maximum atomic E-state index is 13.3. The molecule has 25 heavy (non-hydrogen) atoms. The van der Waals surface area contributed by atoms with Crippen LogP contribution in [0.4, 0.5) is 4.39 Å². The lowest BCUT2D eigenvalue weighted by molar-refractivity contribution is 0.306. The van der Waals surface area contributed by atoms with E-state index in [1.54, 1.807) is 12.4 Å². The van der Waals surface area contributed by atoms with Gasteiger partial charge in [0.05, 0.1) is 6.04 Å². The second kappa shape index (κ2) is 6.98. The van der Waals surface area contributed by atoms with Crippen LogP contribution in [0.3, 0.4) is 0 Å². The maximum absolute atomic E-state index is 13.3. The zero-order valence-corrected chi connectivity index (χ0v) is 13.4. The first-order valence-corrected chi connectivity index (χ1v) is 8.11. The molecule has 1 fully saturated rings. The number of hydrogen-bond donors (Lipinski definition) is 1. The first kappa shape index (κ1) is 15.7. The van der Waals surface area contributed by atoms with Crippen molar-refractivity contribution in [2.45, 2.75) is 25.2 Å². The summed E-state index contributed by atoms with van der Waals surface area (Å²) in [5.74, 6) is 1.58. The molecule has 1 aromatic carbocycles. The van der Waals surface area contributed by atoms with Crippen molar-refractivity contribution < 1.29 is 13.7 Å². The molecule has 6 nitrogen and oxygen atoms in total. The zero-order chi connectivity index (χ0) is 17.1. The fourth-order valence-corrected chi connectivity index (χ4v) is 2.75. The van der Waals surface area contributed by atoms with E-state index in [0.29, 0.717) is 37.0 Å². The zero-order valence-electron chi connectivity index (χ0n) is 13.4. The predicted octanol–water partition coefficient (Wildman–Crippen LogP) is 3.08. The van der Waals surface area contributed by atoms with E-state index in [9.17, 15) is 4.39 Å². The van der Waals surface area contributed by atoms with E-state index >= 15 is 0 Å². The molecule has 128 valence electrons. The van der Waals surface area contributed by atoms with E-state index in [-0.39, 0.29) is 6.04 Å². The number of pyridine rings is 1. The monoisotopic (exact) mass is 340 g/mol. The fourth-order valence-electron chi connectivity index (χ4n) is 2.75. The first-order valence-electron chi connectivity index (χ1n) is 8.11. The van der Waals surface area contributed by atoms with Gasteiger partial charge in [0, 0.05) is 36.5 Å². The Hall–Kier alpha value is -2.80. The third-order valence-corrected chi connectivity index (χ3v) is 4.04. The third-order valence-electron chi connectivity index (χ3n) is 4.04. The summed E-state index contributed by atoms with van der Waals surface area (Å²) in [6.07, 6.45) is 2.98.